The molecular formula is C24H25F2N3O3S. The van der Waals surface area contributed by atoms with Gasteiger partial charge in [0.05, 0.1) is 18.2 Å². The standard InChI is InChI=1S/C24H25F2N3O3S/c25-24(26)33-19-8-6-18(7-9-19)29-21(30)14-20(23(29)32)28-12-10-17(11-13-28)22(31)27-15-16-4-2-1-3-5-16/h1-9,17,20,24H,10-15H2,(H,27,31)/t20-/m1/s1. The summed E-state index contributed by atoms with van der Waals surface area (Å²) in [6.45, 7) is 1.61. The minimum absolute atomic E-state index is 0.00992. The van der Waals surface area contributed by atoms with Crippen LogP contribution in [0, 0.1) is 5.92 Å². The molecule has 6 nitrogen and oxygen atoms in total. The first-order valence-electron chi connectivity index (χ1n) is 10.9. The molecule has 1 N–H and O–H groups in total. The van der Waals surface area contributed by atoms with E-state index in [4.69, 9.17) is 0 Å². The highest BCUT2D eigenvalue weighted by atomic mass is 32.2. The van der Waals surface area contributed by atoms with Gasteiger partial charge in [-0.2, -0.15) is 8.78 Å². The van der Waals surface area contributed by atoms with Crippen LogP contribution in [0.4, 0.5) is 14.5 Å². The van der Waals surface area contributed by atoms with Crippen molar-refractivity contribution in [3.63, 3.8) is 0 Å². The van der Waals surface area contributed by atoms with Gasteiger partial charge >= 0.3 is 0 Å². The third-order valence-electron chi connectivity index (χ3n) is 6.09. The molecule has 0 radical (unpaired) electrons. The van der Waals surface area contributed by atoms with Crippen LogP contribution in [0.5, 0.6) is 0 Å². The van der Waals surface area contributed by atoms with Crippen molar-refractivity contribution in [3.05, 3.63) is 60.2 Å². The average molecular weight is 474 g/mol. The zero-order valence-corrected chi connectivity index (χ0v) is 18.8. The molecule has 9 heteroatoms. The third kappa shape index (κ3) is 5.59. The Hall–Kier alpha value is -2.78. The molecule has 0 unspecified atom stereocenters. The lowest BCUT2D eigenvalue weighted by molar-refractivity contribution is -0.127. The summed E-state index contributed by atoms with van der Waals surface area (Å²) in [7, 11) is 0. The zero-order valence-electron chi connectivity index (χ0n) is 18.0. The number of imide groups is 1. The van der Waals surface area contributed by atoms with Crippen LogP contribution in [-0.2, 0) is 20.9 Å². The van der Waals surface area contributed by atoms with E-state index in [1.165, 1.54) is 24.3 Å². The minimum atomic E-state index is -2.53. The molecule has 2 aromatic carbocycles. The number of hydrogen-bond donors (Lipinski definition) is 1. The van der Waals surface area contributed by atoms with Gasteiger partial charge in [0.2, 0.25) is 11.8 Å². The van der Waals surface area contributed by atoms with E-state index in [1.54, 1.807) is 0 Å². The Labute approximate surface area is 195 Å². The monoisotopic (exact) mass is 473 g/mol. The van der Waals surface area contributed by atoms with Crippen molar-refractivity contribution in [3.8, 4) is 0 Å². The highest BCUT2D eigenvalue weighted by molar-refractivity contribution is 7.99. The maximum Gasteiger partial charge on any atom is 0.288 e. The number of halogens is 2. The molecule has 0 bridgehead atoms. The first kappa shape index (κ1) is 23.4. The van der Waals surface area contributed by atoms with Crippen LogP contribution >= 0.6 is 11.8 Å². The molecule has 174 valence electrons. The van der Waals surface area contributed by atoms with E-state index >= 15 is 0 Å². The average Bonchev–Trinajstić information content (AvgIpc) is 3.12. The van der Waals surface area contributed by atoms with E-state index in [9.17, 15) is 23.2 Å². The molecule has 2 saturated heterocycles. The zero-order chi connectivity index (χ0) is 23.4. The Kier molecular flexibility index (Phi) is 7.39. The predicted molar refractivity (Wildman–Crippen MR) is 122 cm³/mol. The second-order valence-corrected chi connectivity index (χ2v) is 9.24. The molecule has 2 aliphatic heterocycles. The highest BCUT2D eigenvalue weighted by Gasteiger charge is 2.43. The van der Waals surface area contributed by atoms with Crippen molar-refractivity contribution in [2.75, 3.05) is 18.0 Å². The molecule has 4 rings (SSSR count). The third-order valence-corrected chi connectivity index (χ3v) is 6.82. The summed E-state index contributed by atoms with van der Waals surface area (Å²) in [6, 6.07) is 15.2. The Balaban J connectivity index is 1.31. The summed E-state index contributed by atoms with van der Waals surface area (Å²) in [5, 5.41) is 2.98. The molecule has 0 saturated carbocycles. The van der Waals surface area contributed by atoms with Crippen LogP contribution in [0.2, 0.25) is 0 Å². The van der Waals surface area contributed by atoms with Gasteiger partial charge in [0.1, 0.15) is 0 Å². The fraction of sp³-hybridized carbons (Fsp3) is 0.375. The van der Waals surface area contributed by atoms with Crippen LogP contribution in [0.3, 0.4) is 0 Å². The summed E-state index contributed by atoms with van der Waals surface area (Å²) in [5.74, 6) is -3.24. The van der Waals surface area contributed by atoms with Gasteiger partial charge in [-0.25, -0.2) is 4.90 Å². The van der Waals surface area contributed by atoms with E-state index in [0.717, 1.165) is 10.5 Å². The smallest absolute Gasteiger partial charge is 0.288 e. The summed E-state index contributed by atoms with van der Waals surface area (Å²) >= 11 is 0.416. The number of carbonyl (C=O) groups excluding carboxylic acids is 3. The first-order chi connectivity index (χ1) is 15.9. The molecule has 3 amide bonds. The van der Waals surface area contributed by atoms with Crippen LogP contribution < -0.4 is 10.2 Å². The van der Waals surface area contributed by atoms with Crippen LogP contribution in [0.1, 0.15) is 24.8 Å². The quantitative estimate of drug-likeness (QED) is 0.491. The van der Waals surface area contributed by atoms with Gasteiger partial charge in [-0.1, -0.05) is 42.1 Å². The maximum atomic E-state index is 13.0. The number of thioether (sulfide) groups is 1. The normalized spacial score (nSPS) is 20.0. The van der Waals surface area contributed by atoms with Crippen molar-refractivity contribution in [1.82, 2.24) is 10.2 Å². The van der Waals surface area contributed by atoms with Gasteiger partial charge in [-0.05, 0) is 55.8 Å². The number of benzene rings is 2. The Morgan fingerprint density at radius 3 is 2.33 bits per heavy atom. The number of piperidine rings is 1. The predicted octanol–water partition coefficient (Wildman–Crippen LogP) is 3.66. The van der Waals surface area contributed by atoms with Crippen molar-refractivity contribution in [2.24, 2.45) is 5.92 Å². The highest BCUT2D eigenvalue weighted by Crippen LogP contribution is 2.31. The van der Waals surface area contributed by atoms with Crippen LogP contribution in [-0.4, -0.2) is 47.5 Å². The molecule has 0 spiro atoms. The van der Waals surface area contributed by atoms with E-state index in [0.29, 0.717) is 54.8 Å². The maximum absolute atomic E-state index is 13.0. The SMILES string of the molecule is O=C(NCc1ccccc1)C1CCN([C@@H]2CC(=O)N(c3ccc(SC(F)F)cc3)C2=O)CC1. The van der Waals surface area contributed by atoms with Crippen molar-refractivity contribution in [1.29, 1.82) is 0 Å². The van der Waals surface area contributed by atoms with Crippen molar-refractivity contribution >= 4 is 35.2 Å². The Morgan fingerprint density at radius 2 is 1.70 bits per heavy atom. The number of nitrogens with one attached hydrogen (secondary N) is 1. The van der Waals surface area contributed by atoms with Crippen LogP contribution in [0.15, 0.2) is 59.5 Å². The van der Waals surface area contributed by atoms with Gasteiger partial charge in [0.15, 0.2) is 0 Å². The summed E-state index contributed by atoms with van der Waals surface area (Å²) in [5.41, 5.74) is 1.43. The van der Waals surface area contributed by atoms with Gasteiger partial charge in [0.25, 0.3) is 11.7 Å². The number of carbonyl (C=O) groups is 3. The Morgan fingerprint density at radius 1 is 1.03 bits per heavy atom. The fourth-order valence-corrected chi connectivity index (χ4v) is 4.85. The fourth-order valence-electron chi connectivity index (χ4n) is 4.35. The van der Waals surface area contributed by atoms with Gasteiger partial charge in [-0.15, -0.1) is 0 Å². The lowest BCUT2D eigenvalue weighted by atomic mass is 9.94. The van der Waals surface area contributed by atoms with Crippen molar-refractivity contribution < 1.29 is 23.2 Å². The first-order valence-corrected chi connectivity index (χ1v) is 11.8. The molecule has 33 heavy (non-hydrogen) atoms. The molecule has 2 fully saturated rings. The molecule has 2 aliphatic rings. The second-order valence-electron chi connectivity index (χ2n) is 8.17. The molecule has 2 aromatic rings. The lowest BCUT2D eigenvalue weighted by Crippen LogP contribution is -2.48. The molecular weight excluding hydrogens is 448 g/mol. The summed E-state index contributed by atoms with van der Waals surface area (Å²) in [6.07, 6.45) is 1.33. The van der Waals surface area contributed by atoms with Gasteiger partial charge in [-0.3, -0.25) is 19.3 Å². The number of hydrogen-bond acceptors (Lipinski definition) is 5. The van der Waals surface area contributed by atoms with Gasteiger partial charge in [0, 0.05) is 17.4 Å². The number of anilines is 1. The topological polar surface area (TPSA) is 69.7 Å². The van der Waals surface area contributed by atoms with Crippen LogP contribution in [0.25, 0.3) is 0 Å². The number of likely N-dealkylation sites (tertiary alicyclic amines) is 1. The van der Waals surface area contributed by atoms with Crippen molar-refractivity contribution in [2.45, 2.75) is 42.5 Å². The Bertz CT molecular complexity index is 996. The van der Waals surface area contributed by atoms with E-state index in [-0.39, 0.29) is 30.1 Å². The van der Waals surface area contributed by atoms with E-state index in [2.05, 4.69) is 5.32 Å². The number of nitrogens with zero attached hydrogens (tertiary/aromatic N) is 2. The largest absolute Gasteiger partial charge is 0.352 e. The van der Waals surface area contributed by atoms with E-state index < -0.39 is 11.8 Å². The lowest BCUT2D eigenvalue weighted by Gasteiger charge is -2.34. The summed E-state index contributed by atoms with van der Waals surface area (Å²) in [4.78, 5) is 41.6. The minimum Gasteiger partial charge on any atom is -0.352 e. The number of rotatable bonds is 7. The number of alkyl halides is 2. The summed E-state index contributed by atoms with van der Waals surface area (Å²) < 4.78 is 25.0. The second kappa shape index (κ2) is 10.4. The molecule has 0 aromatic heterocycles. The van der Waals surface area contributed by atoms with E-state index in [1.807, 2.05) is 35.2 Å². The molecule has 2 heterocycles. The van der Waals surface area contributed by atoms with Gasteiger partial charge < -0.3 is 5.32 Å². The number of amides is 3. The molecule has 1 atom stereocenters. The molecule has 0 aliphatic carbocycles.